The van der Waals surface area contributed by atoms with E-state index in [2.05, 4.69) is 38.8 Å². The average molecular weight is 450 g/mol. The molecule has 1 aromatic heterocycles. The van der Waals surface area contributed by atoms with E-state index in [-0.39, 0.29) is 11.6 Å². The molecule has 0 saturated carbocycles. The molecule has 0 aliphatic carbocycles. The molecule has 5 nitrogen and oxygen atoms in total. The first-order valence-electron chi connectivity index (χ1n) is 9.24. The minimum Gasteiger partial charge on any atom is -0.318 e. The second-order valence-corrected chi connectivity index (χ2v) is 7.91. The summed E-state index contributed by atoms with van der Waals surface area (Å²) in [7, 11) is 0. The lowest BCUT2D eigenvalue weighted by Crippen LogP contribution is -2.30. The van der Waals surface area contributed by atoms with Crippen molar-refractivity contribution in [2.45, 2.75) is 20.8 Å². The van der Waals surface area contributed by atoms with Gasteiger partial charge in [0.15, 0.2) is 0 Å². The van der Waals surface area contributed by atoms with Crippen molar-refractivity contribution in [1.82, 2.24) is 9.88 Å². The van der Waals surface area contributed by atoms with E-state index in [0.717, 1.165) is 37.6 Å². The Morgan fingerprint density at radius 1 is 0.931 bits per heavy atom. The highest BCUT2D eigenvalue weighted by Crippen LogP contribution is 2.27. The fourth-order valence-electron chi connectivity index (χ4n) is 3.60. The van der Waals surface area contributed by atoms with Gasteiger partial charge in [0.05, 0.1) is 5.69 Å². The molecule has 0 radical (unpaired) electrons. The van der Waals surface area contributed by atoms with Gasteiger partial charge in [0, 0.05) is 21.5 Å². The average Bonchev–Trinajstić information content (AvgIpc) is 3.13. The predicted molar refractivity (Wildman–Crippen MR) is 118 cm³/mol. The number of nitrogens with one attached hydrogen (secondary N) is 1. The molecule has 1 saturated heterocycles. The van der Waals surface area contributed by atoms with Crippen LogP contribution in [0.15, 0.2) is 64.8 Å². The number of amides is 3. The van der Waals surface area contributed by atoms with Gasteiger partial charge in [-0.1, -0.05) is 34.1 Å². The molecule has 2 heterocycles. The molecule has 1 fully saturated rings. The van der Waals surface area contributed by atoms with Gasteiger partial charge in [-0.25, -0.2) is 9.69 Å². The Kier molecular flexibility index (Phi) is 4.88. The zero-order valence-electron chi connectivity index (χ0n) is 16.4. The highest BCUT2D eigenvalue weighted by molar-refractivity contribution is 9.10. The Morgan fingerprint density at radius 3 is 2.34 bits per heavy atom. The molecule has 4 rings (SSSR count). The summed E-state index contributed by atoms with van der Waals surface area (Å²) < 4.78 is 3.20. The number of imide groups is 1. The Balaban J connectivity index is 1.71. The maximum Gasteiger partial charge on any atom is 0.333 e. The van der Waals surface area contributed by atoms with E-state index in [1.54, 1.807) is 30.3 Å². The number of aryl methyl sites for hydroxylation is 2. The third-order valence-corrected chi connectivity index (χ3v) is 5.95. The van der Waals surface area contributed by atoms with Crippen LogP contribution in [0, 0.1) is 20.8 Å². The van der Waals surface area contributed by atoms with Crippen LogP contribution in [0.25, 0.3) is 11.8 Å². The van der Waals surface area contributed by atoms with Crippen molar-refractivity contribution in [3.63, 3.8) is 0 Å². The standard InChI is InChI=1S/C23H20BrN3O2/c1-14-11-19(9-10-20(14)24)26-15(2)12-17(16(26)3)13-21-22(28)27(23(29)25-21)18-7-5-4-6-8-18/h4-13H,1-3H3,(H,25,29). The van der Waals surface area contributed by atoms with Gasteiger partial charge in [-0.3, -0.25) is 4.79 Å². The molecule has 0 bridgehead atoms. The monoisotopic (exact) mass is 449 g/mol. The number of carbonyl (C=O) groups excluding carboxylic acids is 2. The Hall–Kier alpha value is -3.12. The van der Waals surface area contributed by atoms with E-state index in [9.17, 15) is 9.59 Å². The van der Waals surface area contributed by atoms with Gasteiger partial charge in [0.25, 0.3) is 5.91 Å². The first kappa shape index (κ1) is 19.2. The molecule has 3 aromatic rings. The summed E-state index contributed by atoms with van der Waals surface area (Å²) in [6.45, 7) is 6.08. The first-order chi connectivity index (χ1) is 13.9. The van der Waals surface area contributed by atoms with Gasteiger partial charge in [-0.15, -0.1) is 0 Å². The fraction of sp³-hybridized carbons (Fsp3) is 0.130. The molecule has 1 aliphatic rings. The smallest absolute Gasteiger partial charge is 0.318 e. The SMILES string of the molecule is Cc1cc(-n2c(C)cc(C=C3NC(=O)N(c4ccccc4)C3=O)c2C)ccc1Br. The van der Waals surface area contributed by atoms with E-state index in [1.165, 1.54) is 0 Å². The number of urea groups is 1. The molecule has 1 aliphatic heterocycles. The lowest BCUT2D eigenvalue weighted by atomic mass is 10.2. The first-order valence-corrected chi connectivity index (χ1v) is 10.0. The van der Waals surface area contributed by atoms with E-state index in [0.29, 0.717) is 5.69 Å². The van der Waals surface area contributed by atoms with Gasteiger partial charge in [-0.2, -0.15) is 0 Å². The van der Waals surface area contributed by atoms with Crippen LogP contribution in [0.1, 0.15) is 22.5 Å². The summed E-state index contributed by atoms with van der Waals surface area (Å²) >= 11 is 3.54. The minimum absolute atomic E-state index is 0.270. The minimum atomic E-state index is -0.440. The molecule has 29 heavy (non-hydrogen) atoms. The van der Waals surface area contributed by atoms with Crippen LogP contribution in [0.4, 0.5) is 10.5 Å². The normalized spacial score (nSPS) is 15.3. The third kappa shape index (κ3) is 3.40. The van der Waals surface area contributed by atoms with Crippen molar-refractivity contribution in [3.8, 4) is 5.69 Å². The third-order valence-electron chi connectivity index (χ3n) is 5.06. The summed E-state index contributed by atoms with van der Waals surface area (Å²) in [6, 6.07) is 16.7. The number of nitrogens with zero attached hydrogens (tertiary/aromatic N) is 2. The van der Waals surface area contributed by atoms with Gasteiger partial charge in [0.2, 0.25) is 0 Å². The summed E-state index contributed by atoms with van der Waals surface area (Å²) in [5.74, 6) is -0.356. The van der Waals surface area contributed by atoms with E-state index < -0.39 is 6.03 Å². The number of benzene rings is 2. The van der Waals surface area contributed by atoms with Crippen LogP contribution in [-0.2, 0) is 4.79 Å². The lowest BCUT2D eigenvalue weighted by molar-refractivity contribution is -0.113. The largest absolute Gasteiger partial charge is 0.333 e. The van der Waals surface area contributed by atoms with Crippen molar-refractivity contribution < 1.29 is 9.59 Å². The van der Waals surface area contributed by atoms with Crippen molar-refractivity contribution in [2.75, 3.05) is 4.90 Å². The lowest BCUT2D eigenvalue weighted by Gasteiger charge is -2.11. The number of carbonyl (C=O) groups is 2. The van der Waals surface area contributed by atoms with Gasteiger partial charge in [0.1, 0.15) is 5.70 Å². The molecular weight excluding hydrogens is 430 g/mol. The molecular formula is C23H20BrN3O2. The molecule has 2 aromatic carbocycles. The summed E-state index contributed by atoms with van der Waals surface area (Å²) in [4.78, 5) is 26.4. The summed E-state index contributed by atoms with van der Waals surface area (Å²) in [5.41, 5.74) is 5.95. The van der Waals surface area contributed by atoms with Crippen LogP contribution in [-0.4, -0.2) is 16.5 Å². The van der Waals surface area contributed by atoms with Gasteiger partial charge in [-0.05, 0) is 74.4 Å². The maximum absolute atomic E-state index is 12.8. The van der Waals surface area contributed by atoms with Gasteiger partial charge >= 0.3 is 6.03 Å². The number of hydrogen-bond donors (Lipinski definition) is 1. The molecule has 0 spiro atoms. The highest BCUT2D eigenvalue weighted by atomic mass is 79.9. The van der Waals surface area contributed by atoms with Crippen LogP contribution in [0.5, 0.6) is 0 Å². The van der Waals surface area contributed by atoms with E-state index >= 15 is 0 Å². The number of halogens is 1. The number of hydrogen-bond acceptors (Lipinski definition) is 2. The van der Waals surface area contributed by atoms with Crippen molar-refractivity contribution >= 4 is 39.6 Å². The van der Waals surface area contributed by atoms with Crippen LogP contribution < -0.4 is 10.2 Å². The zero-order chi connectivity index (χ0) is 20.7. The fourth-order valence-corrected chi connectivity index (χ4v) is 3.85. The van der Waals surface area contributed by atoms with Crippen molar-refractivity contribution in [1.29, 1.82) is 0 Å². The Bertz CT molecular complexity index is 1160. The predicted octanol–water partition coefficient (Wildman–Crippen LogP) is 5.26. The molecule has 146 valence electrons. The topological polar surface area (TPSA) is 54.3 Å². The zero-order valence-corrected chi connectivity index (χ0v) is 17.9. The Morgan fingerprint density at radius 2 is 1.66 bits per heavy atom. The number of rotatable bonds is 3. The molecule has 0 atom stereocenters. The molecule has 3 amide bonds. The molecule has 1 N–H and O–H groups in total. The highest BCUT2D eigenvalue weighted by Gasteiger charge is 2.34. The number of anilines is 1. The quantitative estimate of drug-likeness (QED) is 0.437. The summed E-state index contributed by atoms with van der Waals surface area (Å²) in [5, 5.41) is 2.70. The van der Waals surface area contributed by atoms with E-state index in [1.807, 2.05) is 38.1 Å². The van der Waals surface area contributed by atoms with Crippen molar-refractivity contribution in [2.24, 2.45) is 0 Å². The van der Waals surface area contributed by atoms with E-state index in [4.69, 9.17) is 0 Å². The van der Waals surface area contributed by atoms with Crippen LogP contribution >= 0.6 is 15.9 Å². The van der Waals surface area contributed by atoms with Crippen molar-refractivity contribution in [3.05, 3.63) is 87.3 Å². The number of aromatic nitrogens is 1. The van der Waals surface area contributed by atoms with Crippen LogP contribution in [0.2, 0.25) is 0 Å². The van der Waals surface area contributed by atoms with Crippen LogP contribution in [0.3, 0.4) is 0 Å². The maximum atomic E-state index is 12.8. The van der Waals surface area contributed by atoms with Gasteiger partial charge < -0.3 is 9.88 Å². The second-order valence-electron chi connectivity index (χ2n) is 7.06. The summed E-state index contributed by atoms with van der Waals surface area (Å²) in [6.07, 6.45) is 1.74. The Labute approximate surface area is 177 Å². The number of para-hydroxylation sites is 1. The second kappa shape index (κ2) is 7.37. The molecule has 0 unspecified atom stereocenters. The molecule has 6 heteroatoms.